The predicted molar refractivity (Wildman–Crippen MR) is 139 cm³/mol. The van der Waals surface area contributed by atoms with Crippen molar-refractivity contribution in [1.29, 1.82) is 0 Å². The monoisotopic (exact) mass is 496 g/mol. The van der Waals surface area contributed by atoms with E-state index in [-0.39, 0.29) is 10.3 Å². The molecule has 2 N–H and O–H groups in total. The van der Waals surface area contributed by atoms with Gasteiger partial charge in [-0.1, -0.05) is 76.7 Å². The van der Waals surface area contributed by atoms with Crippen molar-refractivity contribution in [3.05, 3.63) is 66.4 Å². The first-order valence-corrected chi connectivity index (χ1v) is 13.3. The summed E-state index contributed by atoms with van der Waals surface area (Å²) in [5.41, 5.74) is 2.73. The van der Waals surface area contributed by atoms with Gasteiger partial charge in [0.15, 0.2) is 9.84 Å². The highest BCUT2D eigenvalue weighted by atomic mass is 32.2. The van der Waals surface area contributed by atoms with Crippen LogP contribution in [0.3, 0.4) is 0 Å². The number of benzene rings is 2. The molecule has 7 nitrogen and oxygen atoms in total. The van der Waals surface area contributed by atoms with Gasteiger partial charge in [0.2, 0.25) is 0 Å². The van der Waals surface area contributed by atoms with Crippen molar-refractivity contribution in [2.24, 2.45) is 15.8 Å². The number of hydrogen-bond acceptors (Lipinski definition) is 7. The molecule has 0 aromatic heterocycles. The Balaban J connectivity index is 0.000000196. The van der Waals surface area contributed by atoms with Gasteiger partial charge in [-0.05, 0) is 23.3 Å². The number of fused-ring (bicyclic) bond motifs is 1. The molecule has 35 heavy (non-hydrogen) atoms. The quantitative estimate of drug-likeness (QED) is 0.659. The fraction of sp³-hybridized carbons (Fsp3) is 0.407. The molecule has 0 saturated carbocycles. The molecule has 2 aliphatic rings. The average molecular weight is 497 g/mol. The number of rotatable bonds is 5. The molecule has 0 spiro atoms. The Bertz CT molecular complexity index is 1250. The van der Waals surface area contributed by atoms with Gasteiger partial charge in [-0.25, -0.2) is 8.42 Å². The van der Waals surface area contributed by atoms with Crippen LogP contribution < -0.4 is 15.7 Å². The molecule has 0 aliphatic carbocycles. The average Bonchev–Trinajstić information content (AvgIpc) is 2.78. The van der Waals surface area contributed by atoms with Gasteiger partial charge in [-0.3, -0.25) is 4.99 Å². The lowest BCUT2D eigenvalue weighted by Crippen LogP contribution is -2.43. The number of aliphatic imine (C=N–C) groups is 1. The molecular weight excluding hydrogens is 462 g/mol. The Hall–Kier alpha value is -3.13. The molecule has 0 radical (unpaired) electrons. The first-order chi connectivity index (χ1) is 16.3. The van der Waals surface area contributed by atoms with Crippen LogP contribution in [0.15, 0.2) is 76.3 Å². The van der Waals surface area contributed by atoms with E-state index in [9.17, 15) is 18.3 Å². The van der Waals surface area contributed by atoms with E-state index >= 15 is 0 Å². The van der Waals surface area contributed by atoms with E-state index in [0.717, 1.165) is 48.5 Å². The molecule has 0 amide bonds. The van der Waals surface area contributed by atoms with Crippen molar-refractivity contribution >= 4 is 32.4 Å². The van der Waals surface area contributed by atoms with Gasteiger partial charge in [0.05, 0.1) is 16.6 Å². The van der Waals surface area contributed by atoms with Gasteiger partial charge in [-0.2, -0.15) is 0 Å². The maximum atomic E-state index is 11.8. The number of allylic oxidation sites excluding steroid dienone is 1. The first kappa shape index (κ1) is 26.5. The number of aliphatic carboxylic acids is 1. The van der Waals surface area contributed by atoms with Crippen molar-refractivity contribution in [1.82, 2.24) is 10.6 Å². The second-order valence-corrected chi connectivity index (χ2v) is 12.6. The topological polar surface area (TPSA) is 111 Å². The molecule has 0 fully saturated rings. The normalized spacial score (nSPS) is 18.6. The third-order valence-electron chi connectivity index (χ3n) is 6.02. The second kappa shape index (κ2) is 10.2. The maximum absolute atomic E-state index is 11.8. The summed E-state index contributed by atoms with van der Waals surface area (Å²) in [4.78, 5) is 15.1. The van der Waals surface area contributed by atoms with Gasteiger partial charge < -0.3 is 20.5 Å². The highest BCUT2D eigenvalue weighted by molar-refractivity contribution is 7.92. The Morgan fingerprint density at radius 1 is 1.03 bits per heavy atom. The van der Waals surface area contributed by atoms with Crippen molar-refractivity contribution in [2.45, 2.75) is 39.0 Å². The summed E-state index contributed by atoms with van der Waals surface area (Å²) >= 11 is 0. The number of amidine groups is 1. The largest absolute Gasteiger partial charge is 0.549 e. The van der Waals surface area contributed by atoms with Crippen LogP contribution in [0.4, 0.5) is 0 Å². The van der Waals surface area contributed by atoms with Crippen LogP contribution in [0.1, 0.15) is 34.1 Å². The lowest BCUT2D eigenvalue weighted by atomic mass is 9.85. The molecule has 0 saturated heterocycles. The molecule has 0 bridgehead atoms. The zero-order valence-electron chi connectivity index (χ0n) is 20.8. The summed E-state index contributed by atoms with van der Waals surface area (Å²) in [7, 11) is -3.85. The number of carboxylic acids is 1. The van der Waals surface area contributed by atoms with Crippen molar-refractivity contribution in [3.8, 4) is 0 Å². The molecule has 188 valence electrons. The second-order valence-electron chi connectivity index (χ2n) is 10.6. The van der Waals surface area contributed by atoms with E-state index in [4.69, 9.17) is 0 Å². The summed E-state index contributed by atoms with van der Waals surface area (Å²) in [5.74, 6) is -1.65. The zero-order chi connectivity index (χ0) is 25.9. The highest BCUT2D eigenvalue weighted by Crippen LogP contribution is 2.27. The van der Waals surface area contributed by atoms with Crippen LogP contribution in [0.5, 0.6) is 0 Å². The minimum absolute atomic E-state index is 0.0276. The summed E-state index contributed by atoms with van der Waals surface area (Å²) in [6.07, 6.45) is 3.34. The summed E-state index contributed by atoms with van der Waals surface area (Å²) in [5, 5.41) is 18.6. The molecule has 2 aromatic rings. The lowest BCUT2D eigenvalue weighted by Gasteiger charge is -2.33. The lowest BCUT2D eigenvalue weighted by molar-refractivity contribution is -0.301. The van der Waals surface area contributed by atoms with Crippen LogP contribution in [0.25, 0.3) is 10.8 Å². The van der Waals surface area contributed by atoms with E-state index in [1.54, 1.807) is 36.4 Å². The number of sulfone groups is 1. The summed E-state index contributed by atoms with van der Waals surface area (Å²) in [6.45, 7) is 16.0. The summed E-state index contributed by atoms with van der Waals surface area (Å²) < 4.78 is 23.7. The molecule has 2 heterocycles. The Morgan fingerprint density at radius 2 is 1.69 bits per heavy atom. The number of nitrogens with one attached hydrogen (secondary N) is 2. The standard InChI is InChI=1S/C15H25N3.C12H10O4S/c1-11(12-6-7-14(2,3)8-16-12)13-17-9-15(4,5)10-18-13;13-12(14)8-17(15,16)11-7-3-5-9-4-1-2-6-10(9)11/h6,16H,1,7-10H2,2-5H3,(H,17,18);1-7H,8H2,(H,13,14)/p-1. The number of carbonyl (C=O) groups is 1. The summed E-state index contributed by atoms with van der Waals surface area (Å²) in [6, 6.07) is 11.7. The molecular formula is C27H34N3O4S-. The Kier molecular flexibility index (Phi) is 7.74. The van der Waals surface area contributed by atoms with Gasteiger partial charge in [0.1, 0.15) is 5.84 Å². The van der Waals surface area contributed by atoms with Crippen LogP contribution in [-0.2, 0) is 14.6 Å². The number of nitrogens with zero attached hydrogens (tertiary/aromatic N) is 1. The van der Waals surface area contributed by atoms with Gasteiger partial charge in [-0.15, -0.1) is 0 Å². The van der Waals surface area contributed by atoms with E-state index in [1.807, 2.05) is 0 Å². The van der Waals surface area contributed by atoms with Crippen molar-refractivity contribution < 1.29 is 18.3 Å². The van der Waals surface area contributed by atoms with Crippen molar-refractivity contribution in [2.75, 3.05) is 25.4 Å². The van der Waals surface area contributed by atoms with E-state index < -0.39 is 21.6 Å². The van der Waals surface area contributed by atoms with Gasteiger partial charge in [0.25, 0.3) is 0 Å². The highest BCUT2D eigenvalue weighted by Gasteiger charge is 2.26. The maximum Gasteiger partial charge on any atom is 0.184 e. The van der Waals surface area contributed by atoms with E-state index in [0.29, 0.717) is 10.8 Å². The van der Waals surface area contributed by atoms with Gasteiger partial charge in [0, 0.05) is 41.7 Å². The van der Waals surface area contributed by atoms with Crippen molar-refractivity contribution in [3.63, 3.8) is 0 Å². The Morgan fingerprint density at radius 3 is 2.29 bits per heavy atom. The van der Waals surface area contributed by atoms with Crippen LogP contribution >= 0.6 is 0 Å². The molecule has 4 rings (SSSR count). The van der Waals surface area contributed by atoms with Gasteiger partial charge >= 0.3 is 0 Å². The number of carbonyl (C=O) groups excluding carboxylic acids is 1. The third kappa shape index (κ3) is 6.94. The first-order valence-electron chi connectivity index (χ1n) is 11.6. The minimum Gasteiger partial charge on any atom is -0.549 e. The molecule has 2 aliphatic heterocycles. The van der Waals surface area contributed by atoms with E-state index in [1.165, 1.54) is 6.07 Å². The smallest absolute Gasteiger partial charge is 0.184 e. The molecule has 2 aromatic carbocycles. The van der Waals surface area contributed by atoms with E-state index in [2.05, 4.69) is 56.0 Å². The molecule has 0 atom stereocenters. The fourth-order valence-corrected chi connectivity index (χ4v) is 5.12. The molecule has 0 unspecified atom stereocenters. The SMILES string of the molecule is C=C(C1=CCC(C)(C)CN1)C1=NCC(C)(C)CN1.O=C([O-])CS(=O)(=O)c1cccc2ccccc12. The van der Waals surface area contributed by atoms with Crippen LogP contribution in [0.2, 0.25) is 0 Å². The zero-order valence-corrected chi connectivity index (χ0v) is 21.7. The predicted octanol–water partition coefficient (Wildman–Crippen LogP) is 2.84. The number of carboxylic acid groups (broad SMARTS) is 1. The van der Waals surface area contributed by atoms with Crippen LogP contribution in [0, 0.1) is 10.8 Å². The Labute approximate surface area is 208 Å². The third-order valence-corrected chi connectivity index (χ3v) is 7.66. The fourth-order valence-electron chi connectivity index (χ4n) is 3.84. The van der Waals surface area contributed by atoms with Crippen LogP contribution in [-0.4, -0.2) is 45.6 Å². The molecule has 8 heteroatoms. The number of hydrogen-bond donors (Lipinski definition) is 2. The minimum atomic E-state index is -3.85.